The zero-order valence-corrected chi connectivity index (χ0v) is 7.55. The third kappa shape index (κ3) is 3.88. The molecule has 0 aromatic rings. The number of hydrogen-bond acceptors (Lipinski definition) is 3. The van der Waals surface area contributed by atoms with Crippen LogP contribution in [0.4, 0.5) is 0 Å². The lowest BCUT2D eigenvalue weighted by Crippen LogP contribution is -2.22. The monoisotopic (exact) mass is 157 g/mol. The van der Waals surface area contributed by atoms with Gasteiger partial charge in [-0.2, -0.15) is 0 Å². The Bertz CT molecular complexity index is 163. The summed E-state index contributed by atoms with van der Waals surface area (Å²) in [6, 6.07) is 0. The van der Waals surface area contributed by atoms with Crippen molar-refractivity contribution in [2.75, 3.05) is 14.2 Å². The molecule has 0 fully saturated rings. The van der Waals surface area contributed by atoms with E-state index in [4.69, 9.17) is 4.74 Å². The number of hydrogen-bond donors (Lipinski definition) is 0. The van der Waals surface area contributed by atoms with Crippen molar-refractivity contribution in [1.82, 2.24) is 0 Å². The van der Waals surface area contributed by atoms with Crippen LogP contribution in [0.2, 0.25) is 0 Å². The van der Waals surface area contributed by atoms with Gasteiger partial charge < -0.3 is 4.74 Å². The lowest BCUT2D eigenvalue weighted by atomic mass is 10.1. The predicted octanol–water partition coefficient (Wildman–Crippen LogP) is 1.07. The van der Waals surface area contributed by atoms with Gasteiger partial charge in [-0.05, 0) is 13.8 Å². The summed E-state index contributed by atoms with van der Waals surface area (Å²) in [5.41, 5.74) is 0.937. The van der Waals surface area contributed by atoms with E-state index in [-0.39, 0.29) is 11.9 Å². The van der Waals surface area contributed by atoms with Gasteiger partial charge in [-0.25, -0.2) is 0 Å². The Morgan fingerprint density at radius 1 is 1.55 bits per heavy atom. The van der Waals surface area contributed by atoms with Crippen LogP contribution in [0.1, 0.15) is 20.3 Å². The summed E-state index contributed by atoms with van der Waals surface area (Å²) in [6.45, 7) is 3.41. The van der Waals surface area contributed by atoms with Crippen LogP contribution in [0.5, 0.6) is 0 Å². The van der Waals surface area contributed by atoms with Crippen molar-refractivity contribution in [3.8, 4) is 0 Å². The van der Waals surface area contributed by atoms with Gasteiger partial charge in [0.25, 0.3) is 0 Å². The van der Waals surface area contributed by atoms with Crippen LogP contribution in [-0.4, -0.2) is 31.8 Å². The Morgan fingerprint density at radius 3 is 2.36 bits per heavy atom. The van der Waals surface area contributed by atoms with Gasteiger partial charge >= 0.3 is 0 Å². The van der Waals surface area contributed by atoms with Gasteiger partial charge in [0.15, 0.2) is 5.78 Å². The first-order valence-corrected chi connectivity index (χ1v) is 3.57. The van der Waals surface area contributed by atoms with Gasteiger partial charge in [-0.1, -0.05) is 0 Å². The number of rotatable bonds is 4. The highest BCUT2D eigenvalue weighted by molar-refractivity contribution is 5.89. The van der Waals surface area contributed by atoms with Crippen LogP contribution in [0, 0.1) is 0 Å². The molecule has 0 rings (SSSR count). The first-order valence-electron chi connectivity index (χ1n) is 3.57. The summed E-state index contributed by atoms with van der Waals surface area (Å²) in [6.07, 6.45) is 0.279. The van der Waals surface area contributed by atoms with Crippen molar-refractivity contribution < 1.29 is 9.53 Å². The summed E-state index contributed by atoms with van der Waals surface area (Å²) < 4.78 is 4.95. The van der Waals surface area contributed by atoms with E-state index < -0.39 is 0 Å². The summed E-state index contributed by atoms with van der Waals surface area (Å²) in [5.74, 6) is 0.0514. The van der Waals surface area contributed by atoms with Crippen LogP contribution in [0.3, 0.4) is 0 Å². The predicted molar refractivity (Wildman–Crippen MR) is 45.1 cm³/mol. The molecule has 0 aliphatic rings. The molecule has 0 N–H and O–H groups in total. The molecule has 0 saturated carbocycles. The maximum atomic E-state index is 10.8. The van der Waals surface area contributed by atoms with E-state index in [0.717, 1.165) is 5.71 Å². The molecule has 11 heavy (non-hydrogen) atoms. The molecule has 0 radical (unpaired) electrons. The Labute approximate surface area is 67.5 Å². The Hall–Kier alpha value is -0.700. The largest absolute Gasteiger partial charge is 0.373 e. The average molecular weight is 157 g/mol. The summed E-state index contributed by atoms with van der Waals surface area (Å²) in [7, 11) is 3.25. The van der Waals surface area contributed by atoms with Crippen molar-refractivity contribution in [1.29, 1.82) is 0 Å². The fourth-order valence-electron chi connectivity index (χ4n) is 0.753. The highest BCUT2D eigenvalue weighted by Gasteiger charge is 2.13. The first kappa shape index (κ1) is 10.3. The van der Waals surface area contributed by atoms with E-state index in [1.807, 2.05) is 6.92 Å². The average Bonchev–Trinajstić information content (AvgIpc) is 1.99. The molecule has 1 atom stereocenters. The van der Waals surface area contributed by atoms with Crippen LogP contribution >= 0.6 is 0 Å². The number of methoxy groups -OCH3 is 1. The van der Waals surface area contributed by atoms with Crippen LogP contribution < -0.4 is 0 Å². The lowest BCUT2D eigenvalue weighted by molar-refractivity contribution is -0.126. The van der Waals surface area contributed by atoms with E-state index in [9.17, 15) is 4.79 Å². The van der Waals surface area contributed by atoms with Crippen molar-refractivity contribution in [3.05, 3.63) is 0 Å². The molecule has 0 heterocycles. The van der Waals surface area contributed by atoms with Gasteiger partial charge in [0.2, 0.25) is 0 Å². The minimum atomic E-state index is -0.321. The van der Waals surface area contributed by atoms with Gasteiger partial charge in [0.05, 0.1) is 0 Å². The molecule has 0 aromatic carbocycles. The molecular formula is C8H15NO2. The van der Waals surface area contributed by atoms with E-state index in [2.05, 4.69) is 4.99 Å². The number of carbonyl (C=O) groups excluding carboxylic acids is 1. The van der Waals surface area contributed by atoms with Gasteiger partial charge in [-0.3, -0.25) is 9.79 Å². The standard InChI is InChI=1S/C8H15NO2/c1-6(9-3)5-8(11-4)7(2)10/h8H,5H2,1-4H3. The zero-order valence-electron chi connectivity index (χ0n) is 7.55. The number of Topliss-reactive ketones (excluding diaryl/α,β-unsaturated/α-hetero) is 1. The summed E-state index contributed by atoms with van der Waals surface area (Å²) in [4.78, 5) is 14.8. The normalized spacial score (nSPS) is 14.7. The molecule has 64 valence electrons. The molecule has 0 aliphatic heterocycles. The lowest BCUT2D eigenvalue weighted by Gasteiger charge is -2.10. The minimum Gasteiger partial charge on any atom is -0.373 e. The number of ketones is 1. The summed E-state index contributed by atoms with van der Waals surface area (Å²) >= 11 is 0. The third-order valence-electron chi connectivity index (χ3n) is 1.60. The summed E-state index contributed by atoms with van der Waals surface area (Å²) in [5, 5.41) is 0. The second-order valence-electron chi connectivity index (χ2n) is 2.50. The molecule has 0 aromatic heterocycles. The molecule has 0 saturated heterocycles. The van der Waals surface area contributed by atoms with E-state index in [0.29, 0.717) is 6.42 Å². The van der Waals surface area contributed by atoms with Crippen LogP contribution in [0.25, 0.3) is 0 Å². The highest BCUT2D eigenvalue weighted by Crippen LogP contribution is 2.00. The molecule has 0 bridgehead atoms. The second-order valence-corrected chi connectivity index (χ2v) is 2.50. The Morgan fingerprint density at radius 2 is 2.09 bits per heavy atom. The highest BCUT2D eigenvalue weighted by atomic mass is 16.5. The first-order chi connectivity index (χ1) is 5.11. The fourth-order valence-corrected chi connectivity index (χ4v) is 0.753. The number of aliphatic imine (C=N–C) groups is 1. The van der Waals surface area contributed by atoms with Crippen molar-refractivity contribution >= 4 is 11.5 Å². The van der Waals surface area contributed by atoms with Crippen molar-refractivity contribution in [2.45, 2.75) is 26.4 Å². The third-order valence-corrected chi connectivity index (χ3v) is 1.60. The van der Waals surface area contributed by atoms with Crippen LogP contribution in [0.15, 0.2) is 4.99 Å². The van der Waals surface area contributed by atoms with Gasteiger partial charge in [0.1, 0.15) is 6.10 Å². The van der Waals surface area contributed by atoms with Crippen molar-refractivity contribution in [3.63, 3.8) is 0 Å². The maximum absolute atomic E-state index is 10.8. The molecule has 0 aliphatic carbocycles. The number of nitrogens with zero attached hydrogens (tertiary/aromatic N) is 1. The smallest absolute Gasteiger partial charge is 0.158 e. The molecule has 1 unspecified atom stereocenters. The topological polar surface area (TPSA) is 38.7 Å². The molecular weight excluding hydrogens is 142 g/mol. The SMILES string of the molecule is CN=C(C)CC(OC)C(C)=O. The number of carbonyl (C=O) groups is 1. The molecule has 3 heteroatoms. The number of ether oxygens (including phenoxy) is 1. The van der Waals surface area contributed by atoms with Gasteiger partial charge in [-0.15, -0.1) is 0 Å². The quantitative estimate of drug-likeness (QED) is 0.572. The second kappa shape index (κ2) is 5.02. The Kier molecular flexibility index (Phi) is 4.70. The van der Waals surface area contributed by atoms with E-state index in [1.54, 1.807) is 7.05 Å². The molecule has 3 nitrogen and oxygen atoms in total. The minimum absolute atomic E-state index is 0.0514. The van der Waals surface area contributed by atoms with E-state index >= 15 is 0 Å². The van der Waals surface area contributed by atoms with Crippen molar-refractivity contribution in [2.24, 2.45) is 4.99 Å². The van der Waals surface area contributed by atoms with Gasteiger partial charge in [0, 0.05) is 26.3 Å². The van der Waals surface area contributed by atoms with Crippen LogP contribution in [-0.2, 0) is 9.53 Å². The Balaban J connectivity index is 3.98. The maximum Gasteiger partial charge on any atom is 0.158 e. The van der Waals surface area contributed by atoms with E-state index in [1.165, 1.54) is 14.0 Å². The molecule has 0 amide bonds. The zero-order chi connectivity index (χ0) is 8.85. The molecule has 0 spiro atoms. The fraction of sp³-hybridized carbons (Fsp3) is 0.750.